The van der Waals surface area contributed by atoms with E-state index in [4.69, 9.17) is 0 Å². The number of rotatable bonds is 1. The number of imidazole rings is 1. The number of hydrogen-bond acceptors (Lipinski definition) is 1. The van der Waals surface area contributed by atoms with Crippen molar-refractivity contribution in [1.29, 1.82) is 0 Å². The zero-order valence-corrected chi connectivity index (χ0v) is 10.8. The first-order chi connectivity index (χ1) is 8.65. The Morgan fingerprint density at radius 2 is 2.00 bits per heavy atom. The van der Waals surface area contributed by atoms with E-state index in [1.165, 1.54) is 5.56 Å². The molecule has 3 rings (SSSR count). The van der Waals surface area contributed by atoms with Crippen molar-refractivity contribution in [3.63, 3.8) is 0 Å². The van der Waals surface area contributed by atoms with Crippen LogP contribution in [-0.2, 0) is 14.1 Å². The molecule has 90 valence electrons. The molecule has 18 heavy (non-hydrogen) atoms. The predicted octanol–water partition coefficient (Wildman–Crippen LogP) is 1.19. The van der Waals surface area contributed by atoms with Gasteiger partial charge in [-0.3, -0.25) is 0 Å². The molecule has 0 fully saturated rings. The van der Waals surface area contributed by atoms with Crippen LogP contribution in [0.2, 0.25) is 0 Å². The van der Waals surface area contributed by atoms with E-state index in [1.807, 2.05) is 47.8 Å². The van der Waals surface area contributed by atoms with Gasteiger partial charge in [-0.1, -0.05) is 0 Å². The highest BCUT2D eigenvalue weighted by atomic mass is 15.1. The van der Waals surface area contributed by atoms with Gasteiger partial charge in [0.05, 0.1) is 13.2 Å². The van der Waals surface area contributed by atoms with E-state index < -0.39 is 0 Å². The summed E-state index contributed by atoms with van der Waals surface area (Å²) in [5.41, 5.74) is 4.38. The number of H-pyrrole nitrogens is 1. The maximum Gasteiger partial charge on any atom is 0.349 e. The van der Waals surface area contributed by atoms with Crippen molar-refractivity contribution in [2.45, 2.75) is 6.92 Å². The van der Waals surface area contributed by atoms with Gasteiger partial charge in [0.25, 0.3) is 5.82 Å². The Bertz CT molecular complexity index is 728. The van der Waals surface area contributed by atoms with Crippen molar-refractivity contribution >= 4 is 11.2 Å². The standard InChI is InChI=1S/C14H15N4/c1-10-6-8-17(2)9-11(10)13-15-12-5-4-7-18(3)14(12)16-13/h4-9H,1-3H3/q+1/p+1. The molecule has 0 aliphatic heterocycles. The Morgan fingerprint density at radius 1 is 1.17 bits per heavy atom. The number of nitrogens with zero attached hydrogens (tertiary/aromatic N) is 3. The van der Waals surface area contributed by atoms with Gasteiger partial charge in [0, 0.05) is 6.07 Å². The third-order valence-corrected chi connectivity index (χ3v) is 3.19. The molecule has 0 saturated heterocycles. The maximum atomic E-state index is 4.68. The van der Waals surface area contributed by atoms with Crippen LogP contribution >= 0.6 is 0 Å². The van der Waals surface area contributed by atoms with Gasteiger partial charge in [0.15, 0.2) is 12.4 Å². The molecule has 4 heteroatoms. The molecule has 0 atom stereocenters. The van der Waals surface area contributed by atoms with Crippen LogP contribution in [0.3, 0.4) is 0 Å². The zero-order chi connectivity index (χ0) is 12.7. The number of nitrogens with one attached hydrogen (secondary N) is 1. The van der Waals surface area contributed by atoms with E-state index >= 15 is 0 Å². The second kappa shape index (κ2) is 3.91. The lowest BCUT2D eigenvalue weighted by atomic mass is 10.1. The number of aromatic nitrogens is 4. The Balaban J connectivity index is 2.26. The molecule has 0 spiro atoms. The van der Waals surface area contributed by atoms with E-state index in [9.17, 15) is 0 Å². The van der Waals surface area contributed by atoms with Crippen LogP contribution in [0.1, 0.15) is 5.56 Å². The second-order valence-electron chi connectivity index (χ2n) is 4.65. The summed E-state index contributed by atoms with van der Waals surface area (Å²) in [7, 11) is 4.02. The van der Waals surface area contributed by atoms with Crippen LogP contribution in [0.4, 0.5) is 0 Å². The van der Waals surface area contributed by atoms with Crippen molar-refractivity contribution in [2.75, 3.05) is 0 Å². The lowest BCUT2D eigenvalue weighted by Crippen LogP contribution is -2.28. The summed E-state index contributed by atoms with van der Waals surface area (Å²) in [4.78, 5) is 8.05. The Hall–Kier alpha value is -2.23. The van der Waals surface area contributed by atoms with Gasteiger partial charge in [-0.2, -0.15) is 0 Å². The van der Waals surface area contributed by atoms with Gasteiger partial charge in [-0.15, -0.1) is 0 Å². The molecule has 0 radical (unpaired) electrons. The van der Waals surface area contributed by atoms with Crippen LogP contribution in [0.5, 0.6) is 0 Å². The van der Waals surface area contributed by atoms with Crippen molar-refractivity contribution in [1.82, 2.24) is 9.97 Å². The summed E-state index contributed by atoms with van der Waals surface area (Å²) < 4.78 is 4.06. The summed E-state index contributed by atoms with van der Waals surface area (Å²) in [5.74, 6) is 0.917. The van der Waals surface area contributed by atoms with Crippen molar-refractivity contribution in [2.24, 2.45) is 14.1 Å². The first kappa shape index (κ1) is 10.9. The van der Waals surface area contributed by atoms with E-state index in [0.29, 0.717) is 0 Å². The van der Waals surface area contributed by atoms with Crippen LogP contribution in [-0.4, -0.2) is 9.97 Å². The molecule has 0 aliphatic carbocycles. The van der Waals surface area contributed by atoms with E-state index in [2.05, 4.69) is 29.2 Å². The molecular formula is C14H16N4+2. The molecule has 0 saturated carbocycles. The number of fused-ring (bicyclic) bond motifs is 1. The van der Waals surface area contributed by atoms with Gasteiger partial charge < -0.3 is 4.98 Å². The summed E-state index contributed by atoms with van der Waals surface area (Å²) in [6.45, 7) is 2.10. The molecule has 1 N–H and O–H groups in total. The van der Waals surface area contributed by atoms with Crippen molar-refractivity contribution in [3.8, 4) is 11.4 Å². The quantitative estimate of drug-likeness (QED) is 0.637. The predicted molar refractivity (Wildman–Crippen MR) is 68.6 cm³/mol. The topological polar surface area (TPSA) is 36.4 Å². The summed E-state index contributed by atoms with van der Waals surface area (Å²) in [5, 5.41) is 0. The molecule has 0 amide bonds. The number of aromatic amines is 1. The van der Waals surface area contributed by atoms with E-state index in [1.54, 1.807) is 0 Å². The third kappa shape index (κ3) is 1.66. The van der Waals surface area contributed by atoms with Crippen LogP contribution in [0.15, 0.2) is 36.8 Å². The lowest BCUT2D eigenvalue weighted by Gasteiger charge is -1.96. The third-order valence-electron chi connectivity index (χ3n) is 3.19. The minimum Gasteiger partial charge on any atom is -0.311 e. The monoisotopic (exact) mass is 240 g/mol. The minimum atomic E-state index is 0.917. The van der Waals surface area contributed by atoms with Gasteiger partial charge in [0.2, 0.25) is 0 Å². The average Bonchev–Trinajstić information content (AvgIpc) is 2.77. The highest BCUT2D eigenvalue weighted by Gasteiger charge is 2.18. The maximum absolute atomic E-state index is 4.68. The highest BCUT2D eigenvalue weighted by Crippen LogP contribution is 2.20. The second-order valence-corrected chi connectivity index (χ2v) is 4.65. The summed E-state index contributed by atoms with van der Waals surface area (Å²) in [6, 6.07) is 6.16. The van der Waals surface area contributed by atoms with Crippen LogP contribution in [0.25, 0.3) is 22.6 Å². The summed E-state index contributed by atoms with van der Waals surface area (Å²) >= 11 is 0. The molecule has 0 unspecified atom stereocenters. The Kier molecular flexibility index (Phi) is 2.37. The smallest absolute Gasteiger partial charge is 0.311 e. The van der Waals surface area contributed by atoms with Crippen LogP contribution < -0.4 is 9.13 Å². The van der Waals surface area contributed by atoms with E-state index in [-0.39, 0.29) is 0 Å². The minimum absolute atomic E-state index is 0.917. The largest absolute Gasteiger partial charge is 0.349 e. The number of pyridine rings is 2. The number of aryl methyl sites for hydroxylation is 3. The molecule has 3 heterocycles. The van der Waals surface area contributed by atoms with E-state index in [0.717, 1.165) is 22.6 Å². The van der Waals surface area contributed by atoms with Crippen LogP contribution in [0, 0.1) is 6.92 Å². The Morgan fingerprint density at radius 3 is 2.78 bits per heavy atom. The number of hydrogen-bond donors (Lipinski definition) is 1. The zero-order valence-electron chi connectivity index (χ0n) is 10.8. The van der Waals surface area contributed by atoms with Gasteiger partial charge in [0.1, 0.15) is 18.1 Å². The Labute approximate surface area is 106 Å². The molecular weight excluding hydrogens is 224 g/mol. The fraction of sp³-hybridized carbons (Fsp3) is 0.214. The highest BCUT2D eigenvalue weighted by molar-refractivity contribution is 5.73. The van der Waals surface area contributed by atoms with Crippen molar-refractivity contribution in [3.05, 3.63) is 42.4 Å². The molecule has 3 aromatic heterocycles. The normalized spacial score (nSPS) is 11.1. The molecule has 0 aliphatic rings. The molecule has 4 nitrogen and oxygen atoms in total. The first-order valence-corrected chi connectivity index (χ1v) is 5.96. The van der Waals surface area contributed by atoms with Gasteiger partial charge >= 0.3 is 5.65 Å². The molecule has 0 bridgehead atoms. The van der Waals surface area contributed by atoms with Gasteiger partial charge in [-0.25, -0.2) is 9.13 Å². The average molecular weight is 240 g/mol. The van der Waals surface area contributed by atoms with Crippen molar-refractivity contribution < 1.29 is 9.13 Å². The first-order valence-electron chi connectivity index (χ1n) is 5.96. The molecule has 3 aromatic rings. The SMILES string of the molecule is Cc1cc[n+](C)cc1-c1nc2c(ccc[n+]2C)[nH]1. The van der Waals surface area contributed by atoms with Gasteiger partial charge in [-0.05, 0) is 29.6 Å². The summed E-state index contributed by atoms with van der Waals surface area (Å²) in [6.07, 6.45) is 6.14. The lowest BCUT2D eigenvalue weighted by molar-refractivity contribution is -0.671. The fourth-order valence-corrected chi connectivity index (χ4v) is 2.14. The molecule has 0 aromatic carbocycles. The fourth-order valence-electron chi connectivity index (χ4n) is 2.14.